The number of aromatic nitrogens is 2. The number of nitrogens with zero attached hydrogens (tertiary/aromatic N) is 2. The van der Waals surface area contributed by atoms with Crippen molar-refractivity contribution in [3.63, 3.8) is 0 Å². The summed E-state index contributed by atoms with van der Waals surface area (Å²) < 4.78 is 4.86. The lowest BCUT2D eigenvalue weighted by molar-refractivity contribution is 0.512. The van der Waals surface area contributed by atoms with Crippen LogP contribution in [0, 0.1) is 6.92 Å². The fraction of sp³-hybridized carbons (Fsp3) is 0.250. The minimum absolute atomic E-state index is 0.493. The average molecular weight is 303 g/mol. The van der Waals surface area contributed by atoms with Crippen molar-refractivity contribution in [2.75, 3.05) is 0 Å². The Morgan fingerprint density at radius 3 is 2.76 bits per heavy atom. The van der Waals surface area contributed by atoms with Gasteiger partial charge in [0.1, 0.15) is 5.76 Å². The van der Waals surface area contributed by atoms with Crippen LogP contribution in [0.4, 0.5) is 0 Å². The molecule has 2 heterocycles. The van der Waals surface area contributed by atoms with Gasteiger partial charge in [-0.05, 0) is 43.0 Å². The highest BCUT2D eigenvalue weighted by molar-refractivity contribution is 7.09. The number of aryl methyl sites for hydroxylation is 1. The van der Waals surface area contributed by atoms with Crippen LogP contribution in [0.2, 0.25) is 0 Å². The van der Waals surface area contributed by atoms with Gasteiger partial charge in [0.15, 0.2) is 0 Å². The predicted molar refractivity (Wildman–Crippen MR) is 87.4 cm³/mol. The van der Waals surface area contributed by atoms with Gasteiger partial charge in [-0.25, -0.2) is 0 Å². The highest BCUT2D eigenvalue weighted by Crippen LogP contribution is 2.13. The molecule has 0 aliphatic heterocycles. The van der Waals surface area contributed by atoms with E-state index in [1.807, 2.05) is 37.4 Å². The van der Waals surface area contributed by atoms with E-state index in [9.17, 15) is 0 Å². The first-order valence-electron chi connectivity index (χ1n) is 6.58. The topological polar surface area (TPSA) is 64.9 Å². The van der Waals surface area contributed by atoms with Gasteiger partial charge in [-0.15, -0.1) is 11.3 Å². The van der Waals surface area contributed by atoms with Gasteiger partial charge in [-0.1, -0.05) is 12.2 Å². The largest absolute Gasteiger partial charge is 0.468 e. The second-order valence-electron chi connectivity index (χ2n) is 4.48. The Morgan fingerprint density at radius 1 is 1.38 bits per heavy atom. The Labute approximate surface area is 129 Å². The van der Waals surface area contributed by atoms with Crippen molar-refractivity contribution in [2.24, 2.45) is 5.73 Å². The third-order valence-corrected chi connectivity index (χ3v) is 3.49. The lowest BCUT2D eigenvalue weighted by Crippen LogP contribution is -1.92. The van der Waals surface area contributed by atoms with E-state index in [4.69, 9.17) is 10.2 Å². The zero-order valence-electron chi connectivity index (χ0n) is 12.5. The molecule has 0 unspecified atom stereocenters. The normalized spacial score (nSPS) is 9.29. The van der Waals surface area contributed by atoms with E-state index in [0.29, 0.717) is 6.54 Å². The molecule has 4 nitrogen and oxygen atoms in total. The molecule has 2 aromatic heterocycles. The molecule has 21 heavy (non-hydrogen) atoms. The molecular formula is C16H21N3OS. The number of rotatable bonds is 3. The maximum absolute atomic E-state index is 5.20. The number of hydrogen-bond acceptors (Lipinski definition) is 5. The standard InChI is InChI=1S/C11H14N2S.C5H7NO/c1-9(2)7-11-10(3)8-13-12-5-4-6-14-11;6-4-5-2-1-3-7-5/h4-6,8H,1,7H2,2-3H3;1-3H,4,6H2. The molecular weight excluding hydrogens is 282 g/mol. The van der Waals surface area contributed by atoms with Crippen molar-refractivity contribution in [2.45, 2.75) is 26.8 Å². The Hall–Kier alpha value is -1.98. The molecule has 0 saturated carbocycles. The Balaban J connectivity index is 0.000000262. The molecule has 0 saturated heterocycles. The van der Waals surface area contributed by atoms with Gasteiger partial charge in [0.05, 0.1) is 25.2 Å². The number of furan rings is 1. The van der Waals surface area contributed by atoms with Crippen molar-refractivity contribution in [3.05, 3.63) is 70.6 Å². The van der Waals surface area contributed by atoms with Crippen LogP contribution >= 0.6 is 11.3 Å². The van der Waals surface area contributed by atoms with Crippen molar-refractivity contribution >= 4 is 11.3 Å². The predicted octanol–water partition coefficient (Wildman–Crippen LogP) is 3.83. The van der Waals surface area contributed by atoms with Gasteiger partial charge in [-0.2, -0.15) is 10.2 Å². The summed E-state index contributed by atoms with van der Waals surface area (Å²) >= 11 is 1.70. The lowest BCUT2D eigenvalue weighted by atomic mass is 10.2. The molecule has 2 N–H and O–H groups in total. The van der Waals surface area contributed by atoms with E-state index in [1.165, 1.54) is 4.88 Å². The fourth-order valence-electron chi connectivity index (χ4n) is 1.40. The summed E-state index contributed by atoms with van der Waals surface area (Å²) in [5, 5.41) is 9.78. The molecule has 0 radical (unpaired) electrons. The molecule has 2 rings (SSSR count). The Bertz CT molecular complexity index is 589. The molecule has 0 atom stereocenters. The van der Waals surface area contributed by atoms with E-state index in [0.717, 1.165) is 23.3 Å². The van der Waals surface area contributed by atoms with Crippen LogP contribution in [-0.4, -0.2) is 10.2 Å². The van der Waals surface area contributed by atoms with Crippen LogP contribution < -0.4 is 5.73 Å². The summed E-state index contributed by atoms with van der Waals surface area (Å²) in [6.45, 7) is 8.48. The first kappa shape index (κ1) is 17.1. The summed E-state index contributed by atoms with van der Waals surface area (Å²) in [5.41, 5.74) is 7.52. The summed E-state index contributed by atoms with van der Waals surface area (Å²) in [6.07, 6.45) is 5.99. The van der Waals surface area contributed by atoms with E-state index in [-0.39, 0.29) is 0 Å². The van der Waals surface area contributed by atoms with Crippen molar-refractivity contribution in [1.29, 1.82) is 0 Å². The van der Waals surface area contributed by atoms with Crippen molar-refractivity contribution < 1.29 is 4.42 Å². The van der Waals surface area contributed by atoms with Gasteiger partial charge in [0.25, 0.3) is 0 Å². The lowest BCUT2D eigenvalue weighted by Gasteiger charge is -1.99. The third kappa shape index (κ3) is 7.39. The summed E-state index contributed by atoms with van der Waals surface area (Å²) in [7, 11) is 0. The van der Waals surface area contributed by atoms with Crippen molar-refractivity contribution in [1.82, 2.24) is 10.2 Å². The summed E-state index contributed by atoms with van der Waals surface area (Å²) in [5.74, 6) is 0.833. The van der Waals surface area contributed by atoms with Gasteiger partial charge < -0.3 is 10.2 Å². The number of nitrogens with two attached hydrogens (primary N) is 1. The molecule has 0 aliphatic carbocycles. The summed E-state index contributed by atoms with van der Waals surface area (Å²) in [4.78, 5) is 1.28. The average Bonchev–Trinajstić information content (AvgIpc) is 2.99. The first-order valence-corrected chi connectivity index (χ1v) is 7.46. The second kappa shape index (κ2) is 9.85. The van der Waals surface area contributed by atoms with E-state index in [1.54, 1.807) is 30.0 Å². The molecule has 2 aromatic rings. The molecule has 0 fully saturated rings. The first-order chi connectivity index (χ1) is 10.1. The monoisotopic (exact) mass is 303 g/mol. The minimum Gasteiger partial charge on any atom is -0.468 e. The van der Waals surface area contributed by atoms with Gasteiger partial charge in [-0.3, -0.25) is 0 Å². The Kier molecular flexibility index (Phi) is 8.01. The molecule has 0 amide bonds. The van der Waals surface area contributed by atoms with E-state index >= 15 is 0 Å². The summed E-state index contributed by atoms with van der Waals surface area (Å²) in [6, 6.07) is 5.56. The SMILES string of the molecule is C=C(C)Cc1scccnncc1C.NCc1ccco1. The van der Waals surface area contributed by atoms with Crippen LogP contribution in [0.1, 0.15) is 23.1 Å². The van der Waals surface area contributed by atoms with Crippen LogP contribution in [0.15, 0.2) is 58.8 Å². The van der Waals surface area contributed by atoms with Gasteiger partial charge >= 0.3 is 0 Å². The molecule has 0 bridgehead atoms. The smallest absolute Gasteiger partial charge is 0.117 e. The van der Waals surface area contributed by atoms with Crippen LogP contribution in [0.3, 0.4) is 0 Å². The maximum Gasteiger partial charge on any atom is 0.117 e. The third-order valence-electron chi connectivity index (χ3n) is 2.44. The molecule has 0 spiro atoms. The van der Waals surface area contributed by atoms with Crippen LogP contribution in [0.25, 0.3) is 0 Å². The minimum atomic E-state index is 0.493. The quantitative estimate of drug-likeness (QED) is 0.875. The number of hydrogen-bond donors (Lipinski definition) is 1. The second-order valence-corrected chi connectivity index (χ2v) is 5.48. The fourth-order valence-corrected chi connectivity index (χ4v) is 2.28. The van der Waals surface area contributed by atoms with Crippen molar-refractivity contribution in [3.8, 4) is 0 Å². The maximum atomic E-state index is 5.20. The highest BCUT2D eigenvalue weighted by atomic mass is 32.1. The van der Waals surface area contributed by atoms with Gasteiger partial charge in [0.2, 0.25) is 0 Å². The highest BCUT2D eigenvalue weighted by Gasteiger charge is 1.95. The van der Waals surface area contributed by atoms with Crippen LogP contribution in [-0.2, 0) is 13.0 Å². The molecule has 5 heteroatoms. The zero-order chi connectivity index (χ0) is 15.5. The van der Waals surface area contributed by atoms with Gasteiger partial charge in [0, 0.05) is 11.3 Å². The van der Waals surface area contributed by atoms with Crippen LogP contribution in [0.5, 0.6) is 0 Å². The zero-order valence-corrected chi connectivity index (χ0v) is 13.3. The molecule has 112 valence electrons. The van der Waals surface area contributed by atoms with E-state index in [2.05, 4.69) is 16.8 Å². The molecule has 0 aliphatic rings. The molecule has 0 aromatic carbocycles. The Morgan fingerprint density at radius 2 is 2.19 bits per heavy atom. The van der Waals surface area contributed by atoms with E-state index < -0.39 is 0 Å². The number of allylic oxidation sites excluding steroid dienone is 1.